The Bertz CT molecular complexity index is 1040. The van der Waals surface area contributed by atoms with Gasteiger partial charge in [0.15, 0.2) is 0 Å². The van der Waals surface area contributed by atoms with Crippen molar-refractivity contribution in [3.8, 4) is 11.1 Å². The number of anilines is 1. The number of thiazole rings is 1. The average molecular weight is 419 g/mol. The van der Waals surface area contributed by atoms with Gasteiger partial charge < -0.3 is 9.31 Å². The van der Waals surface area contributed by atoms with Gasteiger partial charge in [-0.25, -0.2) is 4.98 Å². The Kier molecular flexibility index (Phi) is 5.53. The minimum Gasteiger partial charge on any atom is -0.399 e. The fraction of sp³-hybridized carbons (Fsp3) is 0.304. The second kappa shape index (κ2) is 7.98. The zero-order chi connectivity index (χ0) is 21.4. The SMILES string of the molecule is Cc1csc(NN=Cc2ccc(-c3cccc(B4OC(C)(C)C(C)(C)O4)c3)cc2)n1. The van der Waals surface area contributed by atoms with Gasteiger partial charge in [0, 0.05) is 5.38 Å². The molecule has 2 aromatic carbocycles. The van der Waals surface area contributed by atoms with Gasteiger partial charge in [-0.2, -0.15) is 5.10 Å². The van der Waals surface area contributed by atoms with Crippen LogP contribution in [0.15, 0.2) is 59.0 Å². The molecular weight excluding hydrogens is 393 g/mol. The highest BCUT2D eigenvalue weighted by molar-refractivity contribution is 7.13. The second-order valence-corrected chi connectivity index (χ2v) is 9.36. The molecule has 1 fully saturated rings. The molecule has 0 unspecified atom stereocenters. The Labute approximate surface area is 182 Å². The van der Waals surface area contributed by atoms with E-state index < -0.39 is 0 Å². The van der Waals surface area contributed by atoms with Crippen molar-refractivity contribution in [2.24, 2.45) is 5.10 Å². The van der Waals surface area contributed by atoms with Crippen molar-refractivity contribution in [2.75, 3.05) is 5.43 Å². The predicted octanol–water partition coefficient (Wildman–Crippen LogP) is 4.86. The van der Waals surface area contributed by atoms with Crippen molar-refractivity contribution >= 4 is 35.3 Å². The van der Waals surface area contributed by atoms with E-state index in [2.05, 4.69) is 85.7 Å². The smallest absolute Gasteiger partial charge is 0.399 e. The van der Waals surface area contributed by atoms with Crippen LogP contribution in [-0.4, -0.2) is 29.5 Å². The average Bonchev–Trinajstić information content (AvgIpc) is 3.22. The van der Waals surface area contributed by atoms with Crippen LogP contribution < -0.4 is 10.9 Å². The first-order valence-corrected chi connectivity index (χ1v) is 10.9. The van der Waals surface area contributed by atoms with Gasteiger partial charge in [-0.15, -0.1) is 11.3 Å². The number of nitrogens with one attached hydrogen (secondary N) is 1. The van der Waals surface area contributed by atoms with Crippen molar-refractivity contribution in [3.05, 3.63) is 65.2 Å². The third-order valence-electron chi connectivity index (χ3n) is 5.65. The van der Waals surface area contributed by atoms with Crippen LogP contribution >= 0.6 is 11.3 Å². The molecule has 1 aromatic heterocycles. The first-order valence-electron chi connectivity index (χ1n) is 10.0. The molecule has 5 nitrogen and oxygen atoms in total. The van der Waals surface area contributed by atoms with Crippen molar-refractivity contribution < 1.29 is 9.31 Å². The summed E-state index contributed by atoms with van der Waals surface area (Å²) in [5.74, 6) is 0. The van der Waals surface area contributed by atoms with E-state index in [1.807, 2.05) is 18.4 Å². The van der Waals surface area contributed by atoms with Gasteiger partial charge in [0.05, 0.1) is 23.1 Å². The maximum Gasteiger partial charge on any atom is 0.494 e. The lowest BCUT2D eigenvalue weighted by Crippen LogP contribution is -2.41. The highest BCUT2D eigenvalue weighted by Gasteiger charge is 2.51. The molecule has 0 amide bonds. The van der Waals surface area contributed by atoms with Crippen molar-refractivity contribution in [3.63, 3.8) is 0 Å². The Morgan fingerprint density at radius 2 is 1.70 bits per heavy atom. The molecule has 3 aromatic rings. The van der Waals surface area contributed by atoms with Gasteiger partial charge in [-0.05, 0) is 56.8 Å². The molecule has 1 aliphatic heterocycles. The number of aromatic nitrogens is 1. The lowest BCUT2D eigenvalue weighted by Gasteiger charge is -2.32. The van der Waals surface area contributed by atoms with E-state index in [0.29, 0.717) is 0 Å². The van der Waals surface area contributed by atoms with Crippen LogP contribution in [0.25, 0.3) is 11.1 Å². The standard InChI is InChI=1S/C23H26BN3O2S/c1-16-15-30-21(26-16)27-25-14-17-9-11-18(12-10-17)19-7-6-8-20(13-19)24-28-22(2,3)23(4,5)29-24/h6-15H,1-5H3,(H,26,27). The minimum absolute atomic E-state index is 0.347. The predicted molar refractivity (Wildman–Crippen MR) is 126 cm³/mol. The maximum absolute atomic E-state index is 6.19. The molecule has 0 saturated carbocycles. The zero-order valence-electron chi connectivity index (χ0n) is 18.0. The Hall–Kier alpha value is -2.48. The van der Waals surface area contributed by atoms with Crippen molar-refractivity contribution in [1.29, 1.82) is 0 Å². The summed E-state index contributed by atoms with van der Waals surface area (Å²) in [5.41, 5.74) is 7.56. The van der Waals surface area contributed by atoms with E-state index in [4.69, 9.17) is 9.31 Å². The topological polar surface area (TPSA) is 55.7 Å². The number of hydrazone groups is 1. The number of hydrogen-bond donors (Lipinski definition) is 1. The molecule has 7 heteroatoms. The molecule has 0 atom stereocenters. The quantitative estimate of drug-likeness (QED) is 0.365. The normalized spacial score (nSPS) is 17.6. The highest BCUT2D eigenvalue weighted by Crippen LogP contribution is 2.36. The third-order valence-corrected chi connectivity index (χ3v) is 6.51. The summed E-state index contributed by atoms with van der Waals surface area (Å²) in [7, 11) is -0.359. The molecule has 154 valence electrons. The summed E-state index contributed by atoms with van der Waals surface area (Å²) in [6.45, 7) is 10.2. The van der Waals surface area contributed by atoms with E-state index in [0.717, 1.165) is 33.0 Å². The van der Waals surface area contributed by atoms with Crippen LogP contribution in [0.3, 0.4) is 0 Å². The van der Waals surface area contributed by atoms with Gasteiger partial charge in [-0.3, -0.25) is 5.43 Å². The lowest BCUT2D eigenvalue weighted by atomic mass is 9.78. The largest absolute Gasteiger partial charge is 0.494 e. The Morgan fingerprint density at radius 3 is 2.33 bits per heavy atom. The molecule has 0 radical (unpaired) electrons. The van der Waals surface area contributed by atoms with Crippen LogP contribution in [0.4, 0.5) is 5.13 Å². The number of hydrogen-bond acceptors (Lipinski definition) is 6. The molecule has 0 aliphatic carbocycles. The van der Waals surface area contributed by atoms with Gasteiger partial charge in [0.2, 0.25) is 5.13 Å². The summed E-state index contributed by atoms with van der Waals surface area (Å²) in [6.07, 6.45) is 1.79. The molecule has 4 rings (SSSR count). The maximum atomic E-state index is 6.19. The molecule has 1 aliphatic rings. The molecule has 1 saturated heterocycles. The first-order chi connectivity index (χ1) is 14.2. The monoisotopic (exact) mass is 419 g/mol. The van der Waals surface area contributed by atoms with Gasteiger partial charge in [0.25, 0.3) is 0 Å². The highest BCUT2D eigenvalue weighted by atomic mass is 32.1. The number of nitrogens with zero attached hydrogens (tertiary/aromatic N) is 2. The van der Waals surface area contributed by atoms with Crippen LogP contribution in [-0.2, 0) is 9.31 Å². The van der Waals surface area contributed by atoms with Crippen molar-refractivity contribution in [2.45, 2.75) is 45.8 Å². The van der Waals surface area contributed by atoms with Gasteiger partial charge >= 0.3 is 7.12 Å². The summed E-state index contributed by atoms with van der Waals surface area (Å²) in [4.78, 5) is 4.33. The number of benzene rings is 2. The molecule has 2 heterocycles. The number of rotatable bonds is 5. The first kappa shape index (κ1) is 20.8. The second-order valence-electron chi connectivity index (χ2n) is 8.50. The summed E-state index contributed by atoms with van der Waals surface area (Å²) in [6, 6.07) is 16.6. The van der Waals surface area contributed by atoms with Crippen LogP contribution in [0.1, 0.15) is 39.0 Å². The fourth-order valence-electron chi connectivity index (χ4n) is 3.17. The lowest BCUT2D eigenvalue weighted by molar-refractivity contribution is 0.00578. The number of aryl methyl sites for hydroxylation is 1. The molecule has 0 spiro atoms. The molecular formula is C23H26BN3O2S. The van der Waals surface area contributed by atoms with Gasteiger partial charge in [-0.1, -0.05) is 48.5 Å². The van der Waals surface area contributed by atoms with Crippen LogP contribution in [0, 0.1) is 6.92 Å². The molecule has 0 bridgehead atoms. The zero-order valence-corrected chi connectivity index (χ0v) is 18.8. The Morgan fingerprint density at radius 1 is 1.00 bits per heavy atom. The van der Waals surface area contributed by atoms with Gasteiger partial charge in [0.1, 0.15) is 0 Å². The van der Waals surface area contributed by atoms with E-state index >= 15 is 0 Å². The summed E-state index contributed by atoms with van der Waals surface area (Å²) in [5, 5.41) is 7.04. The summed E-state index contributed by atoms with van der Waals surface area (Å²) < 4.78 is 12.4. The van der Waals surface area contributed by atoms with Crippen molar-refractivity contribution in [1.82, 2.24) is 4.98 Å². The molecule has 30 heavy (non-hydrogen) atoms. The minimum atomic E-state index is -0.359. The third kappa shape index (κ3) is 4.33. The molecule has 1 N–H and O–H groups in total. The Balaban J connectivity index is 1.46. The van der Waals surface area contributed by atoms with E-state index in [-0.39, 0.29) is 18.3 Å². The van der Waals surface area contributed by atoms with E-state index in [1.54, 1.807) is 6.21 Å². The van der Waals surface area contributed by atoms with Crippen LogP contribution in [0.2, 0.25) is 0 Å². The summed E-state index contributed by atoms with van der Waals surface area (Å²) >= 11 is 1.54. The van der Waals surface area contributed by atoms with E-state index in [1.165, 1.54) is 11.3 Å². The van der Waals surface area contributed by atoms with E-state index in [9.17, 15) is 0 Å². The fourth-order valence-corrected chi connectivity index (χ4v) is 3.81. The van der Waals surface area contributed by atoms with Crippen LogP contribution in [0.5, 0.6) is 0 Å².